The van der Waals surface area contributed by atoms with Gasteiger partial charge in [-0.05, 0) is 67.6 Å². The van der Waals surface area contributed by atoms with Crippen LogP contribution in [-0.4, -0.2) is 0 Å². The Labute approximate surface area is 160 Å². The summed E-state index contributed by atoms with van der Waals surface area (Å²) in [5.74, 6) is 1.67. The lowest BCUT2D eigenvalue weighted by atomic mass is 10.2. The first kappa shape index (κ1) is 16.9. The fourth-order valence-corrected chi connectivity index (χ4v) is 3.01. The molecular weight excluding hydrogens is 330 g/mol. The molecule has 4 aromatic carbocycles. The molecule has 2 heteroatoms. The van der Waals surface area contributed by atoms with Gasteiger partial charge in [-0.2, -0.15) is 0 Å². The van der Waals surface area contributed by atoms with Gasteiger partial charge in [-0.15, -0.1) is 0 Å². The van der Waals surface area contributed by atoms with Crippen LogP contribution in [0.5, 0.6) is 11.5 Å². The Morgan fingerprint density at radius 2 is 0.889 bits per heavy atom. The molecule has 0 spiro atoms. The van der Waals surface area contributed by atoms with Crippen LogP contribution in [0.2, 0.25) is 0 Å². The number of ether oxygens (including phenoxy) is 1. The molecule has 0 aliphatic rings. The highest BCUT2D eigenvalue weighted by atomic mass is 16.5. The molecule has 0 radical (unpaired) electrons. The standard InChI is InChI=1S/C25H21NO/c1-20-12-16-24(17-13-20)27-25-18-14-23(15-19-25)26(21-8-4-2-5-9-21)22-10-6-3-7-11-22/h2-19H,1H3. The van der Waals surface area contributed by atoms with Gasteiger partial charge in [-0.25, -0.2) is 0 Å². The Kier molecular flexibility index (Phi) is 4.88. The minimum Gasteiger partial charge on any atom is -0.457 e. The van der Waals surface area contributed by atoms with Crippen molar-refractivity contribution in [2.45, 2.75) is 6.92 Å². The topological polar surface area (TPSA) is 12.5 Å². The van der Waals surface area contributed by atoms with Crippen LogP contribution >= 0.6 is 0 Å². The van der Waals surface area contributed by atoms with Gasteiger partial charge >= 0.3 is 0 Å². The van der Waals surface area contributed by atoms with Crippen molar-refractivity contribution >= 4 is 17.1 Å². The quantitative estimate of drug-likeness (QED) is 0.375. The van der Waals surface area contributed by atoms with Crippen LogP contribution in [0.15, 0.2) is 109 Å². The second kappa shape index (κ2) is 7.79. The number of benzene rings is 4. The van der Waals surface area contributed by atoms with E-state index in [1.807, 2.05) is 36.4 Å². The maximum absolute atomic E-state index is 5.96. The maximum Gasteiger partial charge on any atom is 0.127 e. The number of nitrogens with zero attached hydrogens (tertiary/aromatic N) is 1. The third kappa shape index (κ3) is 4.01. The summed E-state index contributed by atoms with van der Waals surface area (Å²) in [6, 6.07) is 37.0. The van der Waals surface area contributed by atoms with Crippen molar-refractivity contribution in [3.63, 3.8) is 0 Å². The van der Waals surface area contributed by atoms with E-state index in [1.165, 1.54) is 5.56 Å². The van der Waals surface area contributed by atoms with Gasteiger partial charge < -0.3 is 9.64 Å². The molecule has 0 aliphatic heterocycles. The second-order valence-electron chi connectivity index (χ2n) is 6.42. The number of anilines is 3. The highest BCUT2D eigenvalue weighted by molar-refractivity contribution is 5.76. The first-order valence-electron chi connectivity index (χ1n) is 9.04. The Hall–Kier alpha value is -3.52. The maximum atomic E-state index is 5.96. The molecule has 0 saturated heterocycles. The van der Waals surface area contributed by atoms with Crippen LogP contribution in [0.3, 0.4) is 0 Å². The lowest BCUT2D eigenvalue weighted by molar-refractivity contribution is 0.482. The number of rotatable bonds is 5. The fourth-order valence-electron chi connectivity index (χ4n) is 3.01. The van der Waals surface area contributed by atoms with Crippen molar-refractivity contribution in [3.05, 3.63) is 115 Å². The average molecular weight is 351 g/mol. The predicted molar refractivity (Wildman–Crippen MR) is 112 cm³/mol. The number of hydrogen-bond donors (Lipinski definition) is 0. The van der Waals surface area contributed by atoms with Crippen LogP contribution in [0.4, 0.5) is 17.1 Å². The molecule has 0 amide bonds. The predicted octanol–water partition coefficient (Wildman–Crippen LogP) is 7.26. The van der Waals surface area contributed by atoms with E-state index in [1.54, 1.807) is 0 Å². The molecule has 0 aliphatic carbocycles. The average Bonchev–Trinajstić information content (AvgIpc) is 2.73. The molecule has 0 bridgehead atoms. The monoisotopic (exact) mass is 351 g/mol. The molecule has 27 heavy (non-hydrogen) atoms. The fraction of sp³-hybridized carbons (Fsp3) is 0.0400. The molecule has 0 heterocycles. The first-order chi connectivity index (χ1) is 13.3. The summed E-state index contributed by atoms with van der Waals surface area (Å²) in [5, 5.41) is 0. The molecule has 132 valence electrons. The van der Waals surface area contributed by atoms with Crippen LogP contribution in [0, 0.1) is 6.92 Å². The molecule has 0 fully saturated rings. The normalized spacial score (nSPS) is 10.4. The summed E-state index contributed by atoms with van der Waals surface area (Å²) in [5.41, 5.74) is 4.55. The second-order valence-corrected chi connectivity index (χ2v) is 6.42. The largest absolute Gasteiger partial charge is 0.457 e. The molecule has 0 unspecified atom stereocenters. The Morgan fingerprint density at radius 1 is 0.481 bits per heavy atom. The number of aryl methyl sites for hydroxylation is 1. The zero-order valence-electron chi connectivity index (χ0n) is 15.2. The third-order valence-corrected chi connectivity index (χ3v) is 4.38. The van der Waals surface area contributed by atoms with Crippen LogP contribution in [-0.2, 0) is 0 Å². The zero-order valence-corrected chi connectivity index (χ0v) is 15.2. The van der Waals surface area contributed by atoms with Gasteiger partial charge in [0.15, 0.2) is 0 Å². The van der Waals surface area contributed by atoms with E-state index in [0.29, 0.717) is 0 Å². The summed E-state index contributed by atoms with van der Waals surface area (Å²) in [4.78, 5) is 2.23. The van der Waals surface area contributed by atoms with Crippen molar-refractivity contribution < 1.29 is 4.74 Å². The Bertz CT molecular complexity index is 938. The number of para-hydroxylation sites is 2. The molecule has 4 aromatic rings. The highest BCUT2D eigenvalue weighted by Gasteiger charge is 2.11. The van der Waals surface area contributed by atoms with Gasteiger partial charge in [0.1, 0.15) is 11.5 Å². The molecule has 0 aromatic heterocycles. The summed E-state index contributed by atoms with van der Waals surface area (Å²) in [6.45, 7) is 2.07. The van der Waals surface area contributed by atoms with Crippen molar-refractivity contribution in [1.82, 2.24) is 0 Å². The molecule has 0 saturated carbocycles. The van der Waals surface area contributed by atoms with Crippen molar-refractivity contribution in [2.75, 3.05) is 4.90 Å². The summed E-state index contributed by atoms with van der Waals surface area (Å²) >= 11 is 0. The summed E-state index contributed by atoms with van der Waals surface area (Å²) in [6.07, 6.45) is 0. The van der Waals surface area contributed by atoms with E-state index in [9.17, 15) is 0 Å². The molecular formula is C25H21NO. The van der Waals surface area contributed by atoms with E-state index in [2.05, 4.69) is 84.6 Å². The molecule has 0 atom stereocenters. The lowest BCUT2D eigenvalue weighted by Crippen LogP contribution is -2.09. The van der Waals surface area contributed by atoms with Gasteiger partial charge in [0.25, 0.3) is 0 Å². The van der Waals surface area contributed by atoms with Gasteiger partial charge in [0, 0.05) is 17.1 Å². The Balaban J connectivity index is 1.64. The SMILES string of the molecule is Cc1ccc(Oc2ccc(N(c3ccccc3)c3ccccc3)cc2)cc1. The van der Waals surface area contributed by atoms with Gasteiger partial charge in [0.05, 0.1) is 0 Å². The van der Waals surface area contributed by atoms with Crippen LogP contribution in [0.25, 0.3) is 0 Å². The van der Waals surface area contributed by atoms with Crippen molar-refractivity contribution in [2.24, 2.45) is 0 Å². The van der Waals surface area contributed by atoms with E-state index in [4.69, 9.17) is 4.74 Å². The van der Waals surface area contributed by atoms with Gasteiger partial charge in [-0.1, -0.05) is 54.1 Å². The van der Waals surface area contributed by atoms with E-state index in [0.717, 1.165) is 28.6 Å². The lowest BCUT2D eigenvalue weighted by Gasteiger charge is -2.25. The smallest absolute Gasteiger partial charge is 0.127 e. The van der Waals surface area contributed by atoms with E-state index >= 15 is 0 Å². The van der Waals surface area contributed by atoms with Gasteiger partial charge in [0.2, 0.25) is 0 Å². The minimum atomic E-state index is 0.823. The van der Waals surface area contributed by atoms with Gasteiger partial charge in [-0.3, -0.25) is 0 Å². The minimum absolute atomic E-state index is 0.823. The van der Waals surface area contributed by atoms with Crippen molar-refractivity contribution in [3.8, 4) is 11.5 Å². The molecule has 0 N–H and O–H groups in total. The Morgan fingerprint density at radius 3 is 1.37 bits per heavy atom. The van der Waals surface area contributed by atoms with Crippen LogP contribution in [0.1, 0.15) is 5.56 Å². The molecule has 4 rings (SSSR count). The van der Waals surface area contributed by atoms with E-state index < -0.39 is 0 Å². The highest BCUT2D eigenvalue weighted by Crippen LogP contribution is 2.35. The van der Waals surface area contributed by atoms with E-state index in [-0.39, 0.29) is 0 Å². The third-order valence-electron chi connectivity index (χ3n) is 4.38. The van der Waals surface area contributed by atoms with Crippen molar-refractivity contribution in [1.29, 1.82) is 0 Å². The molecule has 2 nitrogen and oxygen atoms in total. The van der Waals surface area contributed by atoms with Crippen LogP contribution < -0.4 is 9.64 Å². The summed E-state index contributed by atoms with van der Waals surface area (Å²) < 4.78 is 5.96. The summed E-state index contributed by atoms with van der Waals surface area (Å²) in [7, 11) is 0. The zero-order chi connectivity index (χ0) is 18.5. The number of hydrogen-bond acceptors (Lipinski definition) is 2. The first-order valence-corrected chi connectivity index (χ1v) is 9.04.